The summed E-state index contributed by atoms with van der Waals surface area (Å²) in [5, 5.41) is 3.44. The molecular formula is C10H14Se3. The molecule has 0 atom stereocenters. The van der Waals surface area contributed by atoms with E-state index in [-0.39, 0.29) is 0 Å². The quantitative estimate of drug-likeness (QED) is 0.690. The van der Waals surface area contributed by atoms with Gasteiger partial charge in [0.05, 0.1) is 0 Å². The first-order valence-corrected chi connectivity index (χ1v) is 8.15. The van der Waals surface area contributed by atoms with E-state index in [1.54, 1.807) is 0 Å². The molecule has 1 aromatic rings. The zero-order valence-corrected chi connectivity index (χ0v) is 13.0. The van der Waals surface area contributed by atoms with Crippen molar-refractivity contribution in [2.24, 2.45) is 0 Å². The van der Waals surface area contributed by atoms with Crippen LogP contribution in [-0.4, -0.2) is 48.0 Å². The van der Waals surface area contributed by atoms with Crippen LogP contribution in [0.2, 0.25) is 16.0 Å². The van der Waals surface area contributed by atoms with Crippen LogP contribution in [0.3, 0.4) is 0 Å². The molecule has 0 heterocycles. The van der Waals surface area contributed by atoms with Gasteiger partial charge < -0.3 is 0 Å². The minimum atomic E-state index is 0.335. The van der Waals surface area contributed by atoms with E-state index in [2.05, 4.69) is 78.4 Å². The minimum absolute atomic E-state index is 0.335. The molecule has 0 aliphatic rings. The SMILES string of the molecule is [SeH]CC(C[SeH])(C[SeH])c1ccccc1. The van der Waals surface area contributed by atoms with Gasteiger partial charge in [0.2, 0.25) is 0 Å². The van der Waals surface area contributed by atoms with Gasteiger partial charge >= 0.3 is 105 Å². The van der Waals surface area contributed by atoms with E-state index in [4.69, 9.17) is 0 Å². The summed E-state index contributed by atoms with van der Waals surface area (Å²) in [5.74, 6) is 0. The maximum absolute atomic E-state index is 2.72. The van der Waals surface area contributed by atoms with Crippen LogP contribution in [0.4, 0.5) is 0 Å². The number of benzene rings is 1. The fourth-order valence-electron chi connectivity index (χ4n) is 1.22. The first-order chi connectivity index (χ1) is 6.29. The molecule has 1 rings (SSSR count). The first kappa shape index (κ1) is 11.9. The molecule has 13 heavy (non-hydrogen) atoms. The second-order valence-electron chi connectivity index (χ2n) is 3.12. The summed E-state index contributed by atoms with van der Waals surface area (Å²) in [6, 6.07) is 10.8. The monoisotopic (exact) mass is 374 g/mol. The molecule has 72 valence electrons. The molecule has 0 aliphatic carbocycles. The van der Waals surface area contributed by atoms with Gasteiger partial charge in [0.1, 0.15) is 0 Å². The van der Waals surface area contributed by atoms with E-state index < -0.39 is 0 Å². The normalized spacial score (nSPS) is 11.6. The van der Waals surface area contributed by atoms with Crippen LogP contribution in [0.5, 0.6) is 0 Å². The second kappa shape index (κ2) is 5.61. The molecule has 0 spiro atoms. The topological polar surface area (TPSA) is 0 Å². The van der Waals surface area contributed by atoms with Crippen LogP contribution in [0.25, 0.3) is 0 Å². The molecule has 0 saturated carbocycles. The summed E-state index contributed by atoms with van der Waals surface area (Å²) in [6.45, 7) is 0. The molecule has 0 saturated heterocycles. The van der Waals surface area contributed by atoms with Gasteiger partial charge in [-0.15, -0.1) is 0 Å². The van der Waals surface area contributed by atoms with Crippen LogP contribution >= 0.6 is 0 Å². The third-order valence-electron chi connectivity index (χ3n) is 2.29. The summed E-state index contributed by atoms with van der Waals surface area (Å²) in [7, 11) is 0. The van der Waals surface area contributed by atoms with Crippen molar-refractivity contribution in [2.45, 2.75) is 21.4 Å². The van der Waals surface area contributed by atoms with Crippen LogP contribution in [0.1, 0.15) is 5.56 Å². The van der Waals surface area contributed by atoms with Crippen LogP contribution < -0.4 is 0 Å². The molecule has 0 aliphatic heterocycles. The number of hydrogen-bond donors (Lipinski definition) is 0. The van der Waals surface area contributed by atoms with E-state index in [0.717, 1.165) is 16.0 Å². The predicted octanol–water partition coefficient (Wildman–Crippen LogP) is 0.882. The standard InChI is InChI=1S/C10H14Se3/c11-6-10(7-12,8-13)9-4-2-1-3-5-9/h1-5,11-13H,6-8H2. The molecule has 0 bridgehead atoms. The molecule has 0 aromatic heterocycles. The van der Waals surface area contributed by atoms with Gasteiger partial charge in [0.25, 0.3) is 0 Å². The van der Waals surface area contributed by atoms with Gasteiger partial charge in [-0.25, -0.2) is 0 Å². The fraction of sp³-hybridized carbons (Fsp3) is 0.400. The summed E-state index contributed by atoms with van der Waals surface area (Å²) in [4.78, 5) is 0. The van der Waals surface area contributed by atoms with Gasteiger partial charge in [-0.2, -0.15) is 0 Å². The Balaban J connectivity index is 3.01. The molecule has 0 N–H and O–H groups in total. The Labute approximate surface area is 105 Å². The van der Waals surface area contributed by atoms with Gasteiger partial charge in [0, 0.05) is 0 Å². The van der Waals surface area contributed by atoms with Crippen LogP contribution in [-0.2, 0) is 5.41 Å². The van der Waals surface area contributed by atoms with Crippen molar-refractivity contribution in [3.05, 3.63) is 35.9 Å². The predicted molar refractivity (Wildman–Crippen MR) is 64.0 cm³/mol. The Morgan fingerprint density at radius 2 is 1.31 bits per heavy atom. The van der Waals surface area contributed by atoms with Crippen molar-refractivity contribution in [1.82, 2.24) is 0 Å². The van der Waals surface area contributed by atoms with Crippen molar-refractivity contribution in [3.8, 4) is 0 Å². The molecule has 0 nitrogen and oxygen atoms in total. The third kappa shape index (κ3) is 2.63. The summed E-state index contributed by atoms with van der Waals surface area (Å²) in [5.41, 5.74) is 1.79. The number of rotatable bonds is 4. The Morgan fingerprint density at radius 3 is 1.69 bits per heavy atom. The van der Waals surface area contributed by atoms with E-state index in [0.29, 0.717) is 5.41 Å². The van der Waals surface area contributed by atoms with Crippen LogP contribution in [0, 0.1) is 0 Å². The Kier molecular flexibility index (Phi) is 5.11. The second-order valence-corrected chi connectivity index (χ2v) is 5.11. The molecular weight excluding hydrogens is 357 g/mol. The maximum atomic E-state index is 2.72. The van der Waals surface area contributed by atoms with E-state index in [1.165, 1.54) is 5.56 Å². The average Bonchev–Trinajstić information content (AvgIpc) is 2.23. The van der Waals surface area contributed by atoms with Crippen molar-refractivity contribution < 1.29 is 0 Å². The van der Waals surface area contributed by atoms with Gasteiger partial charge in [-0.05, 0) is 0 Å². The Morgan fingerprint density at radius 1 is 0.846 bits per heavy atom. The first-order valence-electron chi connectivity index (χ1n) is 4.17. The van der Waals surface area contributed by atoms with Crippen molar-refractivity contribution in [3.63, 3.8) is 0 Å². The van der Waals surface area contributed by atoms with Crippen molar-refractivity contribution in [2.75, 3.05) is 0 Å². The molecule has 1 aromatic carbocycles. The summed E-state index contributed by atoms with van der Waals surface area (Å²) in [6.07, 6.45) is 0. The molecule has 3 heteroatoms. The van der Waals surface area contributed by atoms with Gasteiger partial charge in [-0.1, -0.05) is 0 Å². The van der Waals surface area contributed by atoms with Gasteiger partial charge in [0.15, 0.2) is 0 Å². The van der Waals surface area contributed by atoms with Crippen LogP contribution in [0.15, 0.2) is 30.3 Å². The van der Waals surface area contributed by atoms with Gasteiger partial charge in [-0.3, -0.25) is 0 Å². The molecule has 0 amide bonds. The Bertz CT molecular complexity index is 233. The fourth-order valence-corrected chi connectivity index (χ4v) is 6.26. The molecule has 0 radical (unpaired) electrons. The van der Waals surface area contributed by atoms with E-state index in [9.17, 15) is 0 Å². The third-order valence-corrected chi connectivity index (χ3v) is 6.10. The van der Waals surface area contributed by atoms with E-state index >= 15 is 0 Å². The number of hydrogen-bond acceptors (Lipinski definition) is 0. The average molecular weight is 371 g/mol. The zero-order valence-electron chi connectivity index (χ0n) is 7.35. The summed E-state index contributed by atoms with van der Waals surface area (Å²) < 4.78 is 0. The summed E-state index contributed by atoms with van der Waals surface area (Å²) >= 11 is 8.15. The van der Waals surface area contributed by atoms with E-state index in [1.807, 2.05) is 0 Å². The molecule has 0 fully saturated rings. The zero-order chi connectivity index (χ0) is 9.73. The Hall–Kier alpha value is 0.778. The van der Waals surface area contributed by atoms with Crippen molar-refractivity contribution >= 4 is 48.0 Å². The van der Waals surface area contributed by atoms with Crippen molar-refractivity contribution in [1.29, 1.82) is 0 Å². The molecule has 0 unspecified atom stereocenters.